The Morgan fingerprint density at radius 3 is 2.33 bits per heavy atom. The predicted octanol–water partition coefficient (Wildman–Crippen LogP) is 2.13. The van der Waals surface area contributed by atoms with E-state index in [0.29, 0.717) is 32.0 Å². The van der Waals surface area contributed by atoms with Gasteiger partial charge in [-0.15, -0.1) is 0 Å². The monoisotopic (exact) mass is 358 g/mol. The van der Waals surface area contributed by atoms with Crippen molar-refractivity contribution in [1.29, 1.82) is 0 Å². The van der Waals surface area contributed by atoms with Crippen molar-refractivity contribution >= 4 is 15.9 Å². The lowest BCUT2D eigenvalue weighted by molar-refractivity contribution is -0.135. The van der Waals surface area contributed by atoms with Gasteiger partial charge < -0.3 is 4.90 Å². The molecule has 0 aliphatic carbocycles. The van der Waals surface area contributed by atoms with E-state index in [9.17, 15) is 22.0 Å². The lowest BCUT2D eigenvalue weighted by Gasteiger charge is -2.35. The van der Waals surface area contributed by atoms with Gasteiger partial charge in [-0.2, -0.15) is 4.31 Å². The van der Waals surface area contributed by atoms with Crippen molar-refractivity contribution in [2.75, 3.05) is 19.6 Å². The molecule has 0 unspecified atom stereocenters. The first-order valence-electron chi connectivity index (χ1n) is 8.17. The summed E-state index contributed by atoms with van der Waals surface area (Å²) in [6.45, 7) is 1.51. The lowest BCUT2D eigenvalue weighted by atomic mass is 10.0. The molecule has 24 heavy (non-hydrogen) atoms. The molecule has 0 spiro atoms. The second-order valence-electron chi connectivity index (χ2n) is 6.24. The molecule has 5 nitrogen and oxygen atoms in total. The van der Waals surface area contributed by atoms with Crippen LogP contribution in [0.3, 0.4) is 0 Å². The zero-order valence-corrected chi connectivity index (χ0v) is 14.1. The van der Waals surface area contributed by atoms with Crippen molar-refractivity contribution in [3.8, 4) is 0 Å². The van der Waals surface area contributed by atoms with Gasteiger partial charge in [0, 0.05) is 19.6 Å². The molecule has 3 rings (SSSR count). The Morgan fingerprint density at radius 1 is 1.00 bits per heavy atom. The Kier molecular flexibility index (Phi) is 4.87. The molecule has 2 heterocycles. The number of carbonyl (C=O) groups excluding carboxylic acids is 1. The first-order chi connectivity index (χ1) is 11.4. The van der Waals surface area contributed by atoms with Crippen LogP contribution in [0.2, 0.25) is 0 Å². The molecule has 0 bridgehead atoms. The van der Waals surface area contributed by atoms with E-state index >= 15 is 0 Å². The van der Waals surface area contributed by atoms with Gasteiger partial charge in [-0.25, -0.2) is 17.2 Å². The molecule has 2 fully saturated rings. The number of sulfonamides is 1. The summed E-state index contributed by atoms with van der Waals surface area (Å²) in [6, 6.07) is 1.76. The molecule has 1 amide bonds. The Balaban J connectivity index is 1.91. The molecular formula is C16H20F2N2O3S. The zero-order valence-electron chi connectivity index (χ0n) is 13.2. The molecule has 0 N–H and O–H groups in total. The average molecular weight is 358 g/mol. The maximum Gasteiger partial charge on any atom is 0.243 e. The van der Waals surface area contributed by atoms with Crippen molar-refractivity contribution in [2.24, 2.45) is 0 Å². The zero-order chi connectivity index (χ0) is 17.3. The van der Waals surface area contributed by atoms with Crippen LogP contribution in [0.15, 0.2) is 23.1 Å². The molecule has 1 atom stereocenters. The molecule has 8 heteroatoms. The maximum atomic E-state index is 13.4. The van der Waals surface area contributed by atoms with Crippen LogP contribution in [-0.4, -0.2) is 49.2 Å². The fourth-order valence-electron chi connectivity index (χ4n) is 3.36. The Labute approximate surface area is 140 Å². The largest absolute Gasteiger partial charge is 0.341 e. The van der Waals surface area contributed by atoms with Crippen LogP contribution in [0, 0.1) is 11.6 Å². The number of likely N-dealkylation sites (tertiary alicyclic amines) is 1. The fourth-order valence-corrected chi connectivity index (χ4v) is 5.02. The number of carbonyl (C=O) groups is 1. The summed E-state index contributed by atoms with van der Waals surface area (Å²) < 4.78 is 53.4. The summed E-state index contributed by atoms with van der Waals surface area (Å²) in [5.74, 6) is -2.49. The third kappa shape index (κ3) is 3.17. The summed E-state index contributed by atoms with van der Waals surface area (Å²) in [6.07, 6.45) is 3.72. The van der Waals surface area contributed by atoms with Gasteiger partial charge in [-0.3, -0.25) is 4.79 Å². The van der Waals surface area contributed by atoms with E-state index in [1.807, 2.05) is 0 Å². The predicted molar refractivity (Wildman–Crippen MR) is 83.7 cm³/mol. The van der Waals surface area contributed by atoms with Gasteiger partial charge in [0.15, 0.2) is 11.6 Å². The van der Waals surface area contributed by atoms with E-state index in [-0.39, 0.29) is 17.3 Å². The van der Waals surface area contributed by atoms with Crippen LogP contribution < -0.4 is 0 Å². The van der Waals surface area contributed by atoms with Crippen LogP contribution in [0.1, 0.15) is 32.1 Å². The SMILES string of the molecule is O=C([C@@H]1CCCCN1S(=O)(=O)c1ccc(F)c(F)c1)N1CCCC1. The lowest BCUT2D eigenvalue weighted by Crippen LogP contribution is -2.52. The van der Waals surface area contributed by atoms with Crippen LogP contribution in [-0.2, 0) is 14.8 Å². The van der Waals surface area contributed by atoms with Gasteiger partial charge in [-0.1, -0.05) is 6.42 Å². The van der Waals surface area contributed by atoms with Crippen molar-refractivity contribution in [3.63, 3.8) is 0 Å². The van der Waals surface area contributed by atoms with Crippen molar-refractivity contribution in [1.82, 2.24) is 9.21 Å². The van der Waals surface area contributed by atoms with Crippen molar-refractivity contribution in [3.05, 3.63) is 29.8 Å². The van der Waals surface area contributed by atoms with Gasteiger partial charge in [0.05, 0.1) is 4.90 Å². The normalized spacial score (nSPS) is 22.8. The fraction of sp³-hybridized carbons (Fsp3) is 0.562. The average Bonchev–Trinajstić information content (AvgIpc) is 3.11. The second-order valence-corrected chi connectivity index (χ2v) is 8.13. The summed E-state index contributed by atoms with van der Waals surface area (Å²) in [5, 5.41) is 0. The van der Waals surface area contributed by atoms with Crippen molar-refractivity contribution in [2.45, 2.75) is 43.0 Å². The molecule has 2 saturated heterocycles. The highest BCUT2D eigenvalue weighted by molar-refractivity contribution is 7.89. The molecule has 2 aliphatic rings. The highest BCUT2D eigenvalue weighted by Crippen LogP contribution is 2.28. The Morgan fingerprint density at radius 2 is 1.67 bits per heavy atom. The van der Waals surface area contributed by atoms with E-state index in [2.05, 4.69) is 0 Å². The highest BCUT2D eigenvalue weighted by Gasteiger charge is 2.40. The highest BCUT2D eigenvalue weighted by atomic mass is 32.2. The number of amides is 1. The minimum absolute atomic E-state index is 0.182. The van der Waals surface area contributed by atoms with Crippen molar-refractivity contribution < 1.29 is 22.0 Å². The van der Waals surface area contributed by atoms with Gasteiger partial charge in [0.2, 0.25) is 15.9 Å². The van der Waals surface area contributed by atoms with Gasteiger partial charge >= 0.3 is 0 Å². The molecule has 1 aromatic carbocycles. The quantitative estimate of drug-likeness (QED) is 0.832. The van der Waals surface area contributed by atoms with Crippen LogP contribution in [0.4, 0.5) is 8.78 Å². The maximum absolute atomic E-state index is 13.4. The molecule has 0 aromatic heterocycles. The van der Waals surface area contributed by atoms with E-state index < -0.39 is 27.7 Å². The minimum Gasteiger partial charge on any atom is -0.341 e. The topological polar surface area (TPSA) is 57.7 Å². The van der Waals surface area contributed by atoms with Crippen LogP contribution in [0.25, 0.3) is 0 Å². The van der Waals surface area contributed by atoms with Gasteiger partial charge in [0.25, 0.3) is 0 Å². The number of rotatable bonds is 3. The first-order valence-corrected chi connectivity index (χ1v) is 9.61. The number of nitrogens with zero attached hydrogens (tertiary/aromatic N) is 2. The van der Waals surface area contributed by atoms with E-state index in [1.165, 1.54) is 0 Å². The van der Waals surface area contributed by atoms with E-state index in [0.717, 1.165) is 35.7 Å². The first kappa shape index (κ1) is 17.3. The summed E-state index contributed by atoms with van der Waals surface area (Å²) in [4.78, 5) is 14.1. The molecule has 1 aromatic rings. The van der Waals surface area contributed by atoms with Gasteiger partial charge in [0.1, 0.15) is 6.04 Å². The number of hydrogen-bond acceptors (Lipinski definition) is 3. The molecule has 2 aliphatic heterocycles. The van der Waals surface area contributed by atoms with Crippen LogP contribution >= 0.6 is 0 Å². The van der Waals surface area contributed by atoms with Gasteiger partial charge in [-0.05, 0) is 43.9 Å². The molecule has 0 saturated carbocycles. The summed E-state index contributed by atoms with van der Waals surface area (Å²) in [7, 11) is -4.05. The number of hydrogen-bond donors (Lipinski definition) is 0. The smallest absolute Gasteiger partial charge is 0.243 e. The third-order valence-corrected chi connectivity index (χ3v) is 6.56. The number of piperidine rings is 1. The standard InChI is InChI=1S/C16H20F2N2O3S/c17-13-7-6-12(11-14(13)18)24(22,23)20-10-2-1-5-15(20)16(21)19-8-3-4-9-19/h6-7,11,15H,1-5,8-10H2/t15-/m0/s1. The van der Waals surface area contributed by atoms with E-state index in [1.54, 1.807) is 4.90 Å². The summed E-state index contributed by atoms with van der Waals surface area (Å²) in [5.41, 5.74) is 0. The van der Waals surface area contributed by atoms with Crippen LogP contribution in [0.5, 0.6) is 0 Å². The third-order valence-electron chi connectivity index (χ3n) is 4.65. The minimum atomic E-state index is -4.05. The Hall–Kier alpha value is -1.54. The number of halogens is 2. The molecular weight excluding hydrogens is 338 g/mol. The molecule has 132 valence electrons. The van der Waals surface area contributed by atoms with E-state index in [4.69, 9.17) is 0 Å². The summed E-state index contributed by atoms with van der Waals surface area (Å²) >= 11 is 0. The number of benzene rings is 1. The Bertz CT molecular complexity index is 733. The second kappa shape index (κ2) is 6.76. The molecule has 0 radical (unpaired) electrons.